The molecule has 0 aliphatic carbocycles. The van der Waals surface area contributed by atoms with E-state index in [0.717, 1.165) is 3.79 Å². The van der Waals surface area contributed by atoms with Gasteiger partial charge in [0.2, 0.25) is 0 Å². The van der Waals surface area contributed by atoms with Gasteiger partial charge in [0.15, 0.2) is 0 Å². The third kappa shape index (κ3) is 2.47. The van der Waals surface area contributed by atoms with Crippen molar-refractivity contribution in [2.45, 2.75) is 0 Å². The Kier molecular flexibility index (Phi) is 3.05. The van der Waals surface area contributed by atoms with Crippen molar-refractivity contribution in [2.24, 2.45) is 0 Å². The first-order valence-corrected chi connectivity index (χ1v) is 5.77. The van der Waals surface area contributed by atoms with Gasteiger partial charge in [-0.15, -0.1) is 0 Å². The van der Waals surface area contributed by atoms with Crippen LogP contribution in [0.1, 0.15) is 0 Å². The van der Waals surface area contributed by atoms with Crippen LogP contribution in [0.4, 0.5) is 0 Å². The summed E-state index contributed by atoms with van der Waals surface area (Å²) in [5, 5.41) is 1.25. The molecule has 0 aliphatic heterocycles. The zero-order valence-electron chi connectivity index (χ0n) is 6.91. The summed E-state index contributed by atoms with van der Waals surface area (Å²) in [6, 6.07) is 7.21. The smallest absolute Gasteiger partial charge is 0.279 e. The van der Waals surface area contributed by atoms with Gasteiger partial charge < -0.3 is 4.74 Å². The normalized spacial score (nSPS) is 10.1. The highest BCUT2D eigenvalue weighted by molar-refractivity contribution is 9.11. The van der Waals surface area contributed by atoms with E-state index in [1.807, 2.05) is 12.1 Å². The molecule has 0 saturated heterocycles. The zero-order valence-corrected chi connectivity index (χ0v) is 10.1. The second kappa shape index (κ2) is 4.29. The minimum absolute atomic E-state index is 0.596. The molecule has 0 spiro atoms. The highest BCUT2D eigenvalue weighted by Crippen LogP contribution is 2.30. The summed E-state index contributed by atoms with van der Waals surface area (Å²) in [5.74, 6) is 0.694. The third-order valence-electron chi connectivity index (χ3n) is 1.46. The summed E-state index contributed by atoms with van der Waals surface area (Å²) in [6.45, 7) is 0. The monoisotopic (exact) mass is 289 g/mol. The predicted octanol–water partition coefficient (Wildman–Crippen LogP) is 4.35. The van der Waals surface area contributed by atoms with Crippen molar-refractivity contribution in [3.63, 3.8) is 0 Å². The Morgan fingerprint density at radius 3 is 2.93 bits per heavy atom. The van der Waals surface area contributed by atoms with Crippen LogP contribution in [0.25, 0.3) is 0 Å². The van der Waals surface area contributed by atoms with E-state index >= 15 is 0 Å². The van der Waals surface area contributed by atoms with Gasteiger partial charge >= 0.3 is 0 Å². The molecule has 0 fully saturated rings. The molecule has 0 unspecified atom stereocenters. The van der Waals surface area contributed by atoms with Crippen molar-refractivity contribution in [3.05, 3.63) is 39.3 Å². The van der Waals surface area contributed by atoms with Gasteiger partial charge in [-0.1, -0.05) is 29.0 Å². The average Bonchev–Trinajstić information content (AvgIpc) is 2.51. The van der Waals surface area contributed by atoms with Crippen LogP contribution >= 0.6 is 38.9 Å². The average molecular weight is 291 g/mol. The maximum Gasteiger partial charge on any atom is 0.279 e. The van der Waals surface area contributed by atoms with Crippen LogP contribution in [0.3, 0.4) is 0 Å². The van der Waals surface area contributed by atoms with Crippen LogP contribution < -0.4 is 4.74 Å². The van der Waals surface area contributed by atoms with E-state index < -0.39 is 0 Å². The van der Waals surface area contributed by atoms with E-state index in [1.54, 1.807) is 18.3 Å². The zero-order chi connectivity index (χ0) is 9.97. The predicted molar refractivity (Wildman–Crippen MR) is 61.3 cm³/mol. The summed E-state index contributed by atoms with van der Waals surface area (Å²) in [7, 11) is 0. The van der Waals surface area contributed by atoms with Gasteiger partial charge in [-0.25, -0.2) is 4.98 Å². The fraction of sp³-hybridized carbons (Fsp3) is 0. The Morgan fingerprint density at radius 1 is 1.43 bits per heavy atom. The Morgan fingerprint density at radius 2 is 2.29 bits per heavy atom. The summed E-state index contributed by atoms with van der Waals surface area (Å²) in [5.41, 5.74) is 0. The fourth-order valence-electron chi connectivity index (χ4n) is 0.918. The number of aromatic nitrogens is 1. The van der Waals surface area contributed by atoms with E-state index in [9.17, 15) is 0 Å². The molecular formula is C9H5BrClNOS. The molecule has 0 N–H and O–H groups in total. The Bertz CT molecular complexity index is 446. The number of thiazole rings is 1. The lowest BCUT2D eigenvalue weighted by atomic mass is 10.3. The molecule has 2 rings (SSSR count). The first kappa shape index (κ1) is 9.96. The molecule has 72 valence electrons. The SMILES string of the molecule is Clc1cccc(Oc2ncc(Br)s2)c1. The molecule has 0 radical (unpaired) electrons. The van der Waals surface area contributed by atoms with Crippen LogP contribution in [0.2, 0.25) is 5.02 Å². The Balaban J connectivity index is 2.18. The number of benzene rings is 1. The molecule has 5 heteroatoms. The second-order valence-corrected chi connectivity index (χ2v) is 5.30. The van der Waals surface area contributed by atoms with E-state index in [0.29, 0.717) is 16.0 Å². The summed E-state index contributed by atoms with van der Waals surface area (Å²) < 4.78 is 6.41. The number of halogens is 2. The highest BCUT2D eigenvalue weighted by Gasteiger charge is 2.02. The van der Waals surface area contributed by atoms with E-state index in [-0.39, 0.29) is 0 Å². The maximum atomic E-state index is 5.81. The van der Waals surface area contributed by atoms with E-state index in [1.165, 1.54) is 11.3 Å². The van der Waals surface area contributed by atoms with E-state index in [4.69, 9.17) is 16.3 Å². The summed E-state index contributed by atoms with van der Waals surface area (Å²) in [6.07, 6.45) is 1.70. The van der Waals surface area contributed by atoms with Gasteiger partial charge in [0.25, 0.3) is 5.19 Å². The fourth-order valence-corrected chi connectivity index (χ4v) is 2.13. The lowest BCUT2D eigenvalue weighted by molar-refractivity contribution is 0.479. The second-order valence-electron chi connectivity index (χ2n) is 2.49. The Hall–Kier alpha value is -0.580. The van der Waals surface area contributed by atoms with Crippen molar-refractivity contribution < 1.29 is 4.74 Å². The molecule has 1 aromatic carbocycles. The highest BCUT2D eigenvalue weighted by atomic mass is 79.9. The lowest BCUT2D eigenvalue weighted by Gasteiger charge is -2.00. The van der Waals surface area contributed by atoms with E-state index in [2.05, 4.69) is 20.9 Å². The molecule has 2 nitrogen and oxygen atoms in total. The van der Waals surface area contributed by atoms with Crippen LogP contribution in [0.5, 0.6) is 10.9 Å². The van der Waals surface area contributed by atoms with Crippen LogP contribution in [-0.2, 0) is 0 Å². The minimum Gasteiger partial charge on any atom is -0.431 e. The molecular weight excluding hydrogens is 286 g/mol. The molecule has 1 aromatic heterocycles. The first-order valence-electron chi connectivity index (χ1n) is 3.79. The molecule has 14 heavy (non-hydrogen) atoms. The van der Waals surface area contributed by atoms with Crippen molar-refractivity contribution in [2.75, 3.05) is 0 Å². The first-order chi connectivity index (χ1) is 6.74. The number of hydrogen-bond acceptors (Lipinski definition) is 3. The van der Waals surface area contributed by atoms with Crippen molar-refractivity contribution >= 4 is 38.9 Å². The molecule has 0 aliphatic rings. The van der Waals surface area contributed by atoms with Crippen molar-refractivity contribution in [3.8, 4) is 10.9 Å². The maximum absolute atomic E-state index is 5.81. The molecule has 2 aromatic rings. The van der Waals surface area contributed by atoms with Gasteiger partial charge in [-0.2, -0.15) is 0 Å². The minimum atomic E-state index is 0.596. The molecule has 0 amide bonds. The lowest BCUT2D eigenvalue weighted by Crippen LogP contribution is -1.81. The van der Waals surface area contributed by atoms with Gasteiger partial charge in [-0.3, -0.25) is 0 Å². The van der Waals surface area contributed by atoms with Gasteiger partial charge in [0.05, 0.1) is 9.98 Å². The standard InChI is InChI=1S/C9H5BrClNOS/c10-8-5-12-9(14-8)13-7-3-1-2-6(11)4-7/h1-5H. The molecule has 0 bridgehead atoms. The third-order valence-corrected chi connectivity index (χ3v) is 3.05. The van der Waals surface area contributed by atoms with Crippen LogP contribution in [0, 0.1) is 0 Å². The van der Waals surface area contributed by atoms with Crippen molar-refractivity contribution in [1.82, 2.24) is 4.98 Å². The number of rotatable bonds is 2. The number of nitrogens with zero attached hydrogens (tertiary/aromatic N) is 1. The van der Waals surface area contributed by atoms with Crippen LogP contribution in [0.15, 0.2) is 34.2 Å². The number of ether oxygens (including phenoxy) is 1. The molecule has 0 atom stereocenters. The molecule has 0 saturated carbocycles. The summed E-state index contributed by atoms with van der Waals surface area (Å²) >= 11 is 10.5. The van der Waals surface area contributed by atoms with Crippen molar-refractivity contribution in [1.29, 1.82) is 0 Å². The summed E-state index contributed by atoms with van der Waals surface area (Å²) in [4.78, 5) is 4.05. The van der Waals surface area contributed by atoms with Gasteiger partial charge in [0.1, 0.15) is 5.75 Å². The molecule has 1 heterocycles. The van der Waals surface area contributed by atoms with Crippen LogP contribution in [-0.4, -0.2) is 4.98 Å². The topological polar surface area (TPSA) is 22.1 Å². The van der Waals surface area contributed by atoms with Gasteiger partial charge in [0, 0.05) is 5.02 Å². The Labute approximate surface area is 98.6 Å². The number of hydrogen-bond donors (Lipinski definition) is 0. The quantitative estimate of drug-likeness (QED) is 0.820. The largest absolute Gasteiger partial charge is 0.431 e. The van der Waals surface area contributed by atoms with Gasteiger partial charge in [-0.05, 0) is 34.1 Å².